The quantitative estimate of drug-likeness (QED) is 0.134. The number of hydrogen-bond acceptors (Lipinski definition) is 6. The van der Waals surface area contributed by atoms with Crippen molar-refractivity contribution < 1.29 is 18.9 Å². The van der Waals surface area contributed by atoms with Crippen LogP contribution in [-0.2, 0) is 0 Å². The third-order valence-corrected chi connectivity index (χ3v) is 13.3. The molecule has 0 saturated heterocycles. The minimum atomic E-state index is -1.34. The molecule has 10 heteroatoms. The van der Waals surface area contributed by atoms with Gasteiger partial charge in [-0.3, -0.25) is 18.4 Å². The average molecular weight is 948 g/mol. The molecule has 0 aliphatic heterocycles. The van der Waals surface area contributed by atoms with E-state index in [0.29, 0.717) is 32.4 Å². The van der Waals surface area contributed by atoms with Crippen molar-refractivity contribution in [3.05, 3.63) is 232 Å². The molecule has 0 aliphatic carbocycles. The van der Waals surface area contributed by atoms with E-state index >= 15 is 0 Å². The van der Waals surface area contributed by atoms with Gasteiger partial charge in [0.05, 0.1) is 21.8 Å². The minimum Gasteiger partial charge on any atom is -0.453 e. The number of hydrogen-bond donors (Lipinski definition) is 2. The second kappa shape index (κ2) is 16.6. The zero-order valence-corrected chi connectivity index (χ0v) is 37.6. The summed E-state index contributed by atoms with van der Waals surface area (Å²) in [5, 5.41) is 26.7. The van der Waals surface area contributed by atoms with Crippen LogP contribution < -0.4 is 16.6 Å². The van der Waals surface area contributed by atoms with Gasteiger partial charge in [-0.25, -0.2) is 0 Å². The van der Waals surface area contributed by atoms with Crippen LogP contribution in [0.3, 0.4) is 0 Å². The molecule has 8 nitrogen and oxygen atoms in total. The van der Waals surface area contributed by atoms with Gasteiger partial charge in [0.2, 0.25) is 0 Å². The maximum atomic E-state index is 13.8. The number of halogens is 1. The summed E-state index contributed by atoms with van der Waals surface area (Å²) in [5.41, 5.74) is 6.92. The summed E-state index contributed by atoms with van der Waals surface area (Å²) in [6.07, 6.45) is 0. The Hall–Kier alpha value is -8.28. The third kappa shape index (κ3) is 6.45. The van der Waals surface area contributed by atoms with Crippen LogP contribution >= 0.6 is 15.9 Å². The molecule has 6 aromatic heterocycles. The van der Waals surface area contributed by atoms with Crippen molar-refractivity contribution in [1.82, 2.24) is 8.80 Å². The summed E-state index contributed by atoms with van der Waals surface area (Å²) in [7, 11) is -1.34. The Morgan fingerprint density at radius 2 is 0.706 bits per heavy atom. The van der Waals surface area contributed by atoms with Gasteiger partial charge in [-0.15, -0.1) is 0 Å². The van der Waals surface area contributed by atoms with E-state index in [4.69, 9.17) is 18.9 Å². The van der Waals surface area contributed by atoms with Crippen molar-refractivity contribution >= 4 is 104 Å². The molecular weight excluding hydrogens is 911 g/mol. The normalized spacial score (nSPS) is 11.6. The Balaban J connectivity index is 0.000000121. The van der Waals surface area contributed by atoms with E-state index in [0.717, 1.165) is 87.6 Å². The average Bonchev–Trinajstić information content (AvgIpc) is 4.15. The lowest BCUT2D eigenvalue weighted by atomic mass is 9.81. The lowest BCUT2D eigenvalue weighted by Crippen LogP contribution is -2.29. The molecule has 0 radical (unpaired) electrons. The predicted octanol–water partition coefficient (Wildman–Crippen LogP) is 12.7. The van der Waals surface area contributed by atoms with Gasteiger partial charge in [-0.05, 0) is 44.3 Å². The molecule has 0 aliphatic rings. The van der Waals surface area contributed by atoms with E-state index in [-0.39, 0.29) is 11.1 Å². The lowest BCUT2D eigenvalue weighted by Gasteiger charge is -2.07. The van der Waals surface area contributed by atoms with Gasteiger partial charge in [0, 0.05) is 49.0 Å². The van der Waals surface area contributed by atoms with Crippen LogP contribution in [0, 0.1) is 0 Å². The highest BCUT2D eigenvalue weighted by molar-refractivity contribution is 9.10. The van der Waals surface area contributed by atoms with Gasteiger partial charge in [-0.2, -0.15) is 0 Å². The van der Waals surface area contributed by atoms with Gasteiger partial charge >= 0.3 is 7.12 Å². The molecule has 0 fully saturated rings. The van der Waals surface area contributed by atoms with Gasteiger partial charge in [0.1, 0.15) is 16.8 Å². The molecule has 0 spiro atoms. The predicted molar refractivity (Wildman–Crippen MR) is 280 cm³/mol. The first-order chi connectivity index (χ1) is 33.4. The largest absolute Gasteiger partial charge is 0.488 e. The zero-order chi connectivity index (χ0) is 46.0. The molecular formula is C58H36BBrN2O6. The molecule has 14 aromatic rings. The lowest BCUT2D eigenvalue weighted by molar-refractivity contribution is 0.426. The molecule has 14 rings (SSSR count). The van der Waals surface area contributed by atoms with Crippen LogP contribution in [0.25, 0.3) is 110 Å². The molecule has 0 amide bonds. The fourth-order valence-corrected chi connectivity index (χ4v) is 10.4. The molecule has 0 unspecified atom stereocenters. The Morgan fingerprint density at radius 1 is 0.353 bits per heavy atom. The SMILES string of the molecule is O=c1c2ccccc2c2cccc3c4c(-c5ccccc5)oc(-c5ccccc5)c4n1c23.O=c1c2ccccc2c2cccc3c4c(Br)oc(-c5ccccc5)c4n1c23.OB(O)c1ccccc1. The summed E-state index contributed by atoms with van der Waals surface area (Å²) in [5.74, 6) is 2.21. The first kappa shape index (κ1) is 41.2. The zero-order valence-electron chi connectivity index (χ0n) is 36.0. The van der Waals surface area contributed by atoms with E-state index in [2.05, 4.69) is 52.3 Å². The fraction of sp³-hybridized carbons (Fsp3) is 0. The van der Waals surface area contributed by atoms with Crippen molar-refractivity contribution in [2.75, 3.05) is 0 Å². The van der Waals surface area contributed by atoms with E-state index < -0.39 is 7.12 Å². The Morgan fingerprint density at radius 3 is 1.16 bits per heavy atom. The molecule has 0 bridgehead atoms. The van der Waals surface area contributed by atoms with Gasteiger partial charge in [0.15, 0.2) is 16.2 Å². The Bertz CT molecular complexity index is 4280. The number of rotatable bonds is 4. The third-order valence-electron chi connectivity index (χ3n) is 12.7. The number of para-hydroxylation sites is 2. The number of pyridine rings is 2. The smallest absolute Gasteiger partial charge is 0.453 e. The number of nitrogens with zero attached hydrogens (tertiary/aromatic N) is 2. The molecule has 2 N–H and O–H groups in total. The van der Waals surface area contributed by atoms with Crippen LogP contribution in [-0.4, -0.2) is 26.0 Å². The monoisotopic (exact) mass is 946 g/mol. The van der Waals surface area contributed by atoms with Crippen LogP contribution in [0.5, 0.6) is 0 Å². The second-order valence-corrected chi connectivity index (χ2v) is 17.3. The van der Waals surface area contributed by atoms with Crippen LogP contribution in [0.2, 0.25) is 0 Å². The van der Waals surface area contributed by atoms with E-state index in [9.17, 15) is 9.59 Å². The standard InChI is InChI=1S/C29H17NO2.C23H12BrNO2.C6H7BO2/c31-29-22-15-8-7-14-20(22)21-16-9-17-23-24-26(30(29)25(21)23)28(19-12-5-2-6-13-19)32-27(24)18-10-3-1-4-11-18;24-22-18-17-12-6-11-15-14-9-4-5-10-16(14)23(26)25(19(15)17)20(18)21(27-22)13-7-2-1-3-8-13;8-7(9)6-4-2-1-3-5-6/h1-17H;1-12H;1-5,8-9H. The molecule has 68 heavy (non-hydrogen) atoms. The van der Waals surface area contributed by atoms with Crippen LogP contribution in [0.4, 0.5) is 0 Å². The van der Waals surface area contributed by atoms with Crippen molar-refractivity contribution in [3.63, 3.8) is 0 Å². The number of benzene rings is 8. The molecule has 0 atom stereocenters. The summed E-state index contributed by atoms with van der Waals surface area (Å²) in [6, 6.07) is 66.8. The first-order valence-corrected chi connectivity index (χ1v) is 22.9. The number of fused-ring (bicyclic) bond motifs is 10. The van der Waals surface area contributed by atoms with Crippen molar-refractivity contribution in [2.24, 2.45) is 0 Å². The van der Waals surface area contributed by atoms with Gasteiger partial charge in [-0.1, -0.05) is 194 Å². The Labute approximate surface area is 395 Å². The molecule has 324 valence electrons. The highest BCUT2D eigenvalue weighted by Crippen LogP contribution is 2.46. The number of aromatic nitrogens is 2. The summed E-state index contributed by atoms with van der Waals surface area (Å²) >= 11 is 3.59. The van der Waals surface area contributed by atoms with E-state index in [1.807, 2.05) is 154 Å². The van der Waals surface area contributed by atoms with Crippen molar-refractivity contribution in [3.8, 4) is 34.0 Å². The molecule has 6 heterocycles. The highest BCUT2D eigenvalue weighted by Gasteiger charge is 2.27. The van der Waals surface area contributed by atoms with Gasteiger partial charge < -0.3 is 18.9 Å². The number of furan rings is 2. The maximum absolute atomic E-state index is 13.8. The summed E-state index contributed by atoms with van der Waals surface area (Å²) in [4.78, 5) is 27.3. The van der Waals surface area contributed by atoms with Crippen molar-refractivity contribution in [2.45, 2.75) is 0 Å². The maximum Gasteiger partial charge on any atom is 0.488 e. The second-order valence-electron chi connectivity index (χ2n) is 16.6. The van der Waals surface area contributed by atoms with Gasteiger partial charge in [0.25, 0.3) is 11.1 Å². The minimum absolute atomic E-state index is 0.0168. The van der Waals surface area contributed by atoms with E-state index in [1.54, 1.807) is 24.3 Å². The topological polar surface area (TPSA) is 110 Å². The van der Waals surface area contributed by atoms with E-state index in [1.165, 1.54) is 0 Å². The summed E-state index contributed by atoms with van der Waals surface area (Å²) < 4.78 is 17.0. The highest BCUT2D eigenvalue weighted by atomic mass is 79.9. The first-order valence-electron chi connectivity index (χ1n) is 22.1. The fourth-order valence-electron chi connectivity index (χ4n) is 9.80. The molecule has 8 aromatic carbocycles. The van der Waals surface area contributed by atoms with Crippen LogP contribution in [0.15, 0.2) is 229 Å². The van der Waals surface area contributed by atoms with Crippen LogP contribution in [0.1, 0.15) is 0 Å². The van der Waals surface area contributed by atoms with Crippen molar-refractivity contribution in [1.29, 1.82) is 0 Å². The Kier molecular flexibility index (Phi) is 10.0. The summed E-state index contributed by atoms with van der Waals surface area (Å²) in [6.45, 7) is 0. The molecule has 0 saturated carbocycles.